The van der Waals surface area contributed by atoms with Gasteiger partial charge in [0.05, 0.1) is 5.60 Å². The number of aliphatic hydroxyl groups is 4. The van der Waals surface area contributed by atoms with E-state index in [2.05, 4.69) is 29.6 Å². The van der Waals surface area contributed by atoms with E-state index in [1.165, 1.54) is 13.8 Å². The van der Waals surface area contributed by atoms with Gasteiger partial charge in [0.1, 0.15) is 36.2 Å². The molecule has 0 bridgehead atoms. The number of ether oxygens (including phenoxy) is 1. The highest BCUT2D eigenvalue weighted by Gasteiger charge is 2.50. The van der Waals surface area contributed by atoms with Crippen LogP contribution in [0, 0.1) is 6.92 Å². The van der Waals surface area contributed by atoms with Crippen LogP contribution in [0.3, 0.4) is 0 Å². The van der Waals surface area contributed by atoms with Crippen LogP contribution in [0.4, 0.5) is 0 Å². The second kappa shape index (κ2) is 14.1. The van der Waals surface area contributed by atoms with Crippen molar-refractivity contribution in [3.05, 3.63) is 70.3 Å². The highest BCUT2D eigenvalue weighted by Crippen LogP contribution is 2.39. The van der Waals surface area contributed by atoms with Crippen LogP contribution in [0.25, 0.3) is 0 Å². The smallest absolute Gasteiger partial charge is 0.224 e. The molecule has 1 saturated carbocycles. The van der Waals surface area contributed by atoms with Gasteiger partial charge in [0.25, 0.3) is 0 Å². The van der Waals surface area contributed by atoms with E-state index in [-0.39, 0.29) is 5.91 Å². The summed E-state index contributed by atoms with van der Waals surface area (Å²) in [5.41, 5.74) is 3.07. The number of benzene rings is 2. The maximum atomic E-state index is 13.1. The van der Waals surface area contributed by atoms with E-state index in [0.717, 1.165) is 48.1 Å². The van der Waals surface area contributed by atoms with E-state index in [1.54, 1.807) is 0 Å². The van der Waals surface area contributed by atoms with Crippen molar-refractivity contribution in [1.29, 1.82) is 0 Å². The topological polar surface area (TPSA) is 143 Å². The van der Waals surface area contributed by atoms with Crippen LogP contribution in [-0.2, 0) is 27.2 Å². The van der Waals surface area contributed by atoms with E-state index < -0.39 is 41.8 Å². The minimum absolute atomic E-state index is 0.0636. The second-order valence-electron chi connectivity index (χ2n) is 13.3. The lowest BCUT2D eigenvalue weighted by Crippen LogP contribution is -2.60. The summed E-state index contributed by atoms with van der Waals surface area (Å²) in [6, 6.07) is 14.1. The van der Waals surface area contributed by atoms with Gasteiger partial charge in [-0.2, -0.15) is 0 Å². The second-order valence-corrected chi connectivity index (χ2v) is 13.3. The van der Waals surface area contributed by atoms with Gasteiger partial charge in [0.2, 0.25) is 12.3 Å². The fourth-order valence-corrected chi connectivity index (χ4v) is 6.02. The lowest BCUT2D eigenvalue weighted by atomic mass is 9.84. The third-order valence-electron chi connectivity index (χ3n) is 8.92. The quantitative estimate of drug-likeness (QED) is 0.161. The Morgan fingerprint density at radius 2 is 1.68 bits per heavy atom. The summed E-state index contributed by atoms with van der Waals surface area (Å²) in [7, 11) is 3.94. The molecule has 44 heavy (non-hydrogen) atoms. The van der Waals surface area contributed by atoms with Gasteiger partial charge in [0.15, 0.2) is 0 Å². The largest absolute Gasteiger partial charge is 0.388 e. The van der Waals surface area contributed by atoms with E-state index >= 15 is 0 Å². The molecule has 0 unspecified atom stereocenters. The summed E-state index contributed by atoms with van der Waals surface area (Å²) < 4.78 is 5.96. The predicted molar refractivity (Wildman–Crippen MR) is 167 cm³/mol. The molecule has 1 heterocycles. The van der Waals surface area contributed by atoms with Crippen LogP contribution in [0.2, 0.25) is 0 Å². The monoisotopic (exact) mass is 611 g/mol. The molecular formula is C34H49N3O7. The van der Waals surface area contributed by atoms with Crippen LogP contribution in [0.1, 0.15) is 73.5 Å². The van der Waals surface area contributed by atoms with Gasteiger partial charge in [-0.15, -0.1) is 0 Å². The van der Waals surface area contributed by atoms with Crippen molar-refractivity contribution < 1.29 is 34.8 Å². The Kier molecular flexibility index (Phi) is 10.9. The van der Waals surface area contributed by atoms with Gasteiger partial charge in [-0.3, -0.25) is 9.59 Å². The molecule has 2 fully saturated rings. The lowest BCUT2D eigenvalue weighted by molar-refractivity contribution is -0.261. The molecule has 1 aliphatic heterocycles. The van der Waals surface area contributed by atoms with Gasteiger partial charge in [0, 0.05) is 19.5 Å². The highest BCUT2D eigenvalue weighted by molar-refractivity contribution is 5.78. The average Bonchev–Trinajstić information content (AvgIpc) is 3.73. The molecule has 2 aromatic carbocycles. The molecule has 0 radical (unpaired) electrons. The Morgan fingerprint density at radius 1 is 1.02 bits per heavy atom. The number of carbonyl (C=O) groups is 2. The third kappa shape index (κ3) is 8.04. The first kappa shape index (κ1) is 34.0. The molecular weight excluding hydrogens is 562 g/mol. The van der Waals surface area contributed by atoms with Gasteiger partial charge in [-0.1, -0.05) is 42.5 Å². The first-order valence-corrected chi connectivity index (χ1v) is 15.5. The van der Waals surface area contributed by atoms with Gasteiger partial charge in [-0.05, 0) is 94.8 Å². The fourth-order valence-electron chi connectivity index (χ4n) is 6.02. The maximum Gasteiger partial charge on any atom is 0.224 e. The number of aryl methyl sites for hydroxylation is 2. The van der Waals surface area contributed by atoms with Gasteiger partial charge in [-0.25, -0.2) is 0 Å². The number of likely N-dealkylation sites (N-methyl/N-ethyl adjacent to an activating group) is 1. The van der Waals surface area contributed by atoms with Crippen LogP contribution < -0.4 is 5.32 Å². The van der Waals surface area contributed by atoms with Crippen LogP contribution in [-0.4, -0.2) is 105 Å². The zero-order chi connectivity index (χ0) is 32.2. The summed E-state index contributed by atoms with van der Waals surface area (Å²) in [5, 5.41) is 45.0. The van der Waals surface area contributed by atoms with E-state index in [4.69, 9.17) is 4.74 Å². The zero-order valence-electron chi connectivity index (χ0n) is 26.6. The standard InChI is InChI=1S/C34H49N3O7/c1-22-9-14-25(31-29(41)28(40)30(42)32(44-31)33(2,3)43)20-26(22)19-24-12-10-23(11-13-24)7-6-8-27(39)37(18-17-36(4)5)34(15-16-34)35-21-38/h9-14,20-21,28-32,40-43H,6-8,15-19H2,1-5H3,(H,35,38)/t28-,29-,30+,31+,32+/m1/s1. The maximum absolute atomic E-state index is 13.1. The minimum Gasteiger partial charge on any atom is -0.388 e. The first-order chi connectivity index (χ1) is 20.8. The molecule has 1 saturated heterocycles. The van der Waals surface area contributed by atoms with E-state index in [9.17, 15) is 30.0 Å². The summed E-state index contributed by atoms with van der Waals surface area (Å²) in [5.74, 6) is 0.0636. The van der Waals surface area contributed by atoms with Crippen LogP contribution in [0.5, 0.6) is 0 Å². The highest BCUT2D eigenvalue weighted by atomic mass is 16.5. The molecule has 0 spiro atoms. The molecule has 5 atom stereocenters. The fraction of sp³-hybridized carbons (Fsp3) is 0.588. The van der Waals surface area contributed by atoms with Crippen molar-refractivity contribution in [1.82, 2.24) is 15.1 Å². The van der Waals surface area contributed by atoms with Crippen molar-refractivity contribution in [2.75, 3.05) is 27.2 Å². The molecule has 242 valence electrons. The minimum atomic E-state index is -1.46. The Morgan fingerprint density at radius 3 is 2.27 bits per heavy atom. The molecule has 2 aromatic rings. The number of rotatable bonds is 14. The predicted octanol–water partition coefficient (Wildman–Crippen LogP) is 1.83. The number of hydrogen-bond acceptors (Lipinski definition) is 8. The molecule has 10 nitrogen and oxygen atoms in total. The van der Waals surface area contributed by atoms with Gasteiger partial charge >= 0.3 is 0 Å². The Hall–Kier alpha value is -2.86. The normalized spacial score (nSPS) is 24.6. The average molecular weight is 612 g/mol. The number of carbonyl (C=O) groups excluding carboxylic acids is 2. The van der Waals surface area contributed by atoms with Crippen molar-refractivity contribution in [3.8, 4) is 0 Å². The Labute approximate surface area is 260 Å². The number of hydrogen-bond donors (Lipinski definition) is 5. The summed E-state index contributed by atoms with van der Waals surface area (Å²) in [4.78, 5) is 28.2. The SMILES string of the molecule is Cc1ccc([C@@H]2O[C@H](C(C)(C)O)[C@@H](O)[C@H](O)[C@H]2O)cc1Cc1ccc(CCCC(=O)N(CCN(C)C)C2(NC=O)CC2)cc1. The van der Waals surface area contributed by atoms with Crippen molar-refractivity contribution in [2.24, 2.45) is 0 Å². The molecule has 2 amide bonds. The van der Waals surface area contributed by atoms with Gasteiger partial charge < -0.3 is 40.3 Å². The van der Waals surface area contributed by atoms with Crippen LogP contribution in [0.15, 0.2) is 42.5 Å². The molecule has 1 aliphatic carbocycles. The summed E-state index contributed by atoms with van der Waals surface area (Å²) in [6.45, 7) is 6.33. The number of nitrogens with one attached hydrogen (secondary N) is 1. The third-order valence-corrected chi connectivity index (χ3v) is 8.92. The summed E-state index contributed by atoms with van der Waals surface area (Å²) in [6.07, 6.45) is -1.38. The van der Waals surface area contributed by atoms with Crippen molar-refractivity contribution in [2.45, 2.75) is 101 Å². The van der Waals surface area contributed by atoms with Crippen LogP contribution >= 0.6 is 0 Å². The molecule has 4 rings (SSSR count). The molecule has 10 heteroatoms. The number of aliphatic hydroxyl groups excluding tert-OH is 3. The van der Waals surface area contributed by atoms with Crippen molar-refractivity contribution in [3.63, 3.8) is 0 Å². The first-order valence-electron chi connectivity index (χ1n) is 15.5. The number of amides is 2. The molecule has 5 N–H and O–H groups in total. The summed E-state index contributed by atoms with van der Waals surface area (Å²) >= 11 is 0. The Bertz CT molecular complexity index is 1270. The van der Waals surface area contributed by atoms with E-state index in [0.29, 0.717) is 37.8 Å². The zero-order valence-corrected chi connectivity index (χ0v) is 26.6. The number of nitrogens with zero attached hydrogens (tertiary/aromatic N) is 2. The molecule has 2 aliphatic rings. The lowest BCUT2D eigenvalue weighted by Gasteiger charge is -2.45. The van der Waals surface area contributed by atoms with Crippen molar-refractivity contribution >= 4 is 12.3 Å². The van der Waals surface area contributed by atoms with E-state index in [1.807, 2.05) is 49.0 Å². The Balaban J connectivity index is 1.37. The molecule has 0 aromatic heterocycles.